The number of carbonyl (C=O) groups excluding carboxylic acids is 3. The molecule has 0 spiro atoms. The molecular weight excluding hydrogens is 403 g/mol. The summed E-state index contributed by atoms with van der Waals surface area (Å²) in [6.45, 7) is 7.54. The smallest absolute Gasteiger partial charge is 0.387 e. The topological polar surface area (TPSA) is 98.7 Å². The Balaban J connectivity index is 3.15. The zero-order chi connectivity index (χ0) is 23.1. The molecule has 1 aliphatic rings. The first-order valence-electron chi connectivity index (χ1n) is 10.6. The summed E-state index contributed by atoms with van der Waals surface area (Å²) in [6.07, 6.45) is -1.89. The van der Waals surface area contributed by atoms with Gasteiger partial charge in [0, 0.05) is 13.1 Å². The molecule has 1 fully saturated rings. The largest absolute Gasteiger partial charge is 0.471 e. The number of amides is 3. The van der Waals surface area contributed by atoms with E-state index in [2.05, 4.69) is 5.32 Å². The van der Waals surface area contributed by atoms with E-state index in [0.29, 0.717) is 19.5 Å². The fourth-order valence-corrected chi connectivity index (χ4v) is 3.54. The molecule has 0 bridgehead atoms. The minimum Gasteiger partial charge on any atom is -0.387 e. The number of halogens is 3. The second-order valence-electron chi connectivity index (χ2n) is 7.97. The lowest BCUT2D eigenvalue weighted by atomic mass is 9.86. The molecule has 3 amide bonds. The predicted octanol–water partition coefficient (Wildman–Crippen LogP) is 2.13. The van der Waals surface area contributed by atoms with Gasteiger partial charge in [-0.3, -0.25) is 14.4 Å². The number of piperidine rings is 1. The van der Waals surface area contributed by atoms with Crippen LogP contribution in [0.25, 0.3) is 0 Å². The van der Waals surface area contributed by atoms with Crippen LogP contribution in [0.3, 0.4) is 0 Å². The molecule has 3 atom stereocenters. The van der Waals surface area contributed by atoms with Crippen molar-refractivity contribution in [2.24, 2.45) is 5.92 Å². The molecule has 1 rings (SSSR count). The maximum atomic E-state index is 13.1. The van der Waals surface area contributed by atoms with E-state index in [4.69, 9.17) is 0 Å². The summed E-state index contributed by atoms with van der Waals surface area (Å²) < 4.78 is 38.2. The van der Waals surface area contributed by atoms with Crippen molar-refractivity contribution in [2.75, 3.05) is 13.1 Å². The molecule has 0 aromatic heterocycles. The van der Waals surface area contributed by atoms with E-state index in [1.54, 1.807) is 31.0 Å². The third-order valence-corrected chi connectivity index (χ3v) is 6.00. The standard InChI is InChI=1S/C20H34F3N3O4/c1-5-13(4)14(24-18(29)20(21,22)23)16(27)25-15(19(30,6-2)7-3)17(28)26-11-9-8-10-12-26/h13-15,30H,5-12H2,1-4H3,(H,24,29)(H,25,27)/t13-,14+,15-/m1/s1. The first kappa shape index (κ1) is 26.2. The molecular formula is C20H34F3N3O4. The number of rotatable bonds is 9. The number of nitrogens with one attached hydrogen (secondary N) is 2. The predicted molar refractivity (Wildman–Crippen MR) is 105 cm³/mol. The Bertz CT molecular complexity index is 603. The van der Waals surface area contributed by atoms with E-state index in [-0.39, 0.29) is 12.8 Å². The SMILES string of the molecule is CC[C@@H](C)[C@H](NC(=O)C(F)(F)F)C(=O)N[C@H](C(=O)N1CCCCC1)C(O)(CC)CC. The van der Waals surface area contributed by atoms with Crippen LogP contribution in [0.2, 0.25) is 0 Å². The molecule has 0 saturated carbocycles. The molecule has 1 saturated heterocycles. The highest BCUT2D eigenvalue weighted by Crippen LogP contribution is 2.24. The molecule has 0 aliphatic carbocycles. The summed E-state index contributed by atoms with van der Waals surface area (Å²) in [4.78, 5) is 39.0. The summed E-state index contributed by atoms with van der Waals surface area (Å²) in [7, 11) is 0. The van der Waals surface area contributed by atoms with Gasteiger partial charge in [0.1, 0.15) is 12.1 Å². The van der Waals surface area contributed by atoms with Crippen LogP contribution in [0.5, 0.6) is 0 Å². The highest BCUT2D eigenvalue weighted by Gasteiger charge is 2.45. The van der Waals surface area contributed by atoms with Gasteiger partial charge in [0.25, 0.3) is 0 Å². The molecule has 1 aliphatic heterocycles. The van der Waals surface area contributed by atoms with Gasteiger partial charge in [-0.2, -0.15) is 13.2 Å². The summed E-state index contributed by atoms with van der Waals surface area (Å²) in [5.74, 6) is -4.21. The molecule has 3 N–H and O–H groups in total. The quantitative estimate of drug-likeness (QED) is 0.515. The summed E-state index contributed by atoms with van der Waals surface area (Å²) in [6, 6.07) is -2.80. The van der Waals surface area contributed by atoms with Crippen molar-refractivity contribution < 1.29 is 32.7 Å². The molecule has 0 unspecified atom stereocenters. The minimum atomic E-state index is -5.14. The van der Waals surface area contributed by atoms with Crippen LogP contribution in [-0.4, -0.2) is 64.7 Å². The highest BCUT2D eigenvalue weighted by atomic mass is 19.4. The average Bonchev–Trinajstić information content (AvgIpc) is 2.73. The zero-order valence-corrected chi connectivity index (χ0v) is 18.1. The molecule has 0 radical (unpaired) electrons. The van der Waals surface area contributed by atoms with Gasteiger partial charge < -0.3 is 20.6 Å². The molecule has 1 heterocycles. The molecule has 0 aromatic rings. The van der Waals surface area contributed by atoms with Crippen LogP contribution in [0.15, 0.2) is 0 Å². The van der Waals surface area contributed by atoms with E-state index in [1.807, 2.05) is 0 Å². The van der Waals surface area contributed by atoms with E-state index in [0.717, 1.165) is 19.3 Å². The first-order chi connectivity index (χ1) is 13.9. The van der Waals surface area contributed by atoms with E-state index in [1.165, 1.54) is 6.92 Å². The highest BCUT2D eigenvalue weighted by molar-refractivity contribution is 5.93. The average molecular weight is 438 g/mol. The van der Waals surface area contributed by atoms with Crippen molar-refractivity contribution in [3.8, 4) is 0 Å². The van der Waals surface area contributed by atoms with Crippen molar-refractivity contribution >= 4 is 17.7 Å². The van der Waals surface area contributed by atoms with Crippen LogP contribution in [-0.2, 0) is 14.4 Å². The second-order valence-corrected chi connectivity index (χ2v) is 7.97. The Morgan fingerprint density at radius 2 is 1.53 bits per heavy atom. The maximum absolute atomic E-state index is 13.1. The number of nitrogens with zero attached hydrogens (tertiary/aromatic N) is 1. The Morgan fingerprint density at radius 3 is 1.97 bits per heavy atom. The molecule has 10 heteroatoms. The van der Waals surface area contributed by atoms with Crippen molar-refractivity contribution in [3.05, 3.63) is 0 Å². The van der Waals surface area contributed by atoms with Crippen molar-refractivity contribution in [1.29, 1.82) is 0 Å². The van der Waals surface area contributed by atoms with Gasteiger partial charge in [0.2, 0.25) is 11.8 Å². The monoisotopic (exact) mass is 437 g/mol. The maximum Gasteiger partial charge on any atom is 0.471 e. The molecule has 7 nitrogen and oxygen atoms in total. The van der Waals surface area contributed by atoms with Crippen molar-refractivity contribution in [1.82, 2.24) is 15.5 Å². The van der Waals surface area contributed by atoms with E-state index in [9.17, 15) is 32.7 Å². The van der Waals surface area contributed by atoms with Gasteiger partial charge in [-0.05, 0) is 38.0 Å². The third-order valence-electron chi connectivity index (χ3n) is 6.00. The zero-order valence-electron chi connectivity index (χ0n) is 18.1. The van der Waals surface area contributed by atoms with E-state index < -0.39 is 47.5 Å². The van der Waals surface area contributed by atoms with Crippen LogP contribution >= 0.6 is 0 Å². The lowest BCUT2D eigenvalue weighted by Gasteiger charge is -2.39. The number of likely N-dealkylation sites (tertiary alicyclic amines) is 1. The summed E-state index contributed by atoms with van der Waals surface area (Å²) >= 11 is 0. The lowest BCUT2D eigenvalue weighted by Crippen LogP contribution is -2.64. The normalized spacial score (nSPS) is 18.3. The molecule has 0 aromatic carbocycles. The van der Waals surface area contributed by atoms with Crippen LogP contribution in [0, 0.1) is 5.92 Å². The van der Waals surface area contributed by atoms with E-state index >= 15 is 0 Å². The van der Waals surface area contributed by atoms with Gasteiger partial charge in [0.15, 0.2) is 0 Å². The van der Waals surface area contributed by atoms with Crippen LogP contribution in [0.1, 0.15) is 66.2 Å². The van der Waals surface area contributed by atoms with Gasteiger partial charge in [-0.25, -0.2) is 0 Å². The van der Waals surface area contributed by atoms with Crippen LogP contribution < -0.4 is 10.6 Å². The number of aliphatic hydroxyl groups is 1. The fraction of sp³-hybridized carbons (Fsp3) is 0.850. The first-order valence-corrected chi connectivity index (χ1v) is 10.6. The summed E-state index contributed by atoms with van der Waals surface area (Å²) in [5, 5.41) is 15.2. The summed E-state index contributed by atoms with van der Waals surface area (Å²) in [5.41, 5.74) is -1.56. The molecule has 174 valence electrons. The fourth-order valence-electron chi connectivity index (χ4n) is 3.54. The Labute approximate surface area is 175 Å². The third kappa shape index (κ3) is 6.58. The van der Waals surface area contributed by atoms with Gasteiger partial charge in [0.05, 0.1) is 5.60 Å². The molecule has 30 heavy (non-hydrogen) atoms. The van der Waals surface area contributed by atoms with Gasteiger partial charge in [-0.1, -0.05) is 34.1 Å². The number of alkyl halides is 3. The van der Waals surface area contributed by atoms with Crippen LogP contribution in [0.4, 0.5) is 13.2 Å². The Kier molecular flexibility index (Phi) is 9.58. The van der Waals surface area contributed by atoms with Gasteiger partial charge >= 0.3 is 12.1 Å². The van der Waals surface area contributed by atoms with Gasteiger partial charge in [-0.15, -0.1) is 0 Å². The number of hydrogen-bond acceptors (Lipinski definition) is 4. The minimum absolute atomic E-state index is 0.164. The Morgan fingerprint density at radius 1 is 1.00 bits per heavy atom. The second kappa shape index (κ2) is 11.0. The van der Waals surface area contributed by atoms with Crippen molar-refractivity contribution in [2.45, 2.75) is 90.1 Å². The number of carbonyl (C=O) groups is 3. The lowest BCUT2D eigenvalue weighted by molar-refractivity contribution is -0.175. The van der Waals surface area contributed by atoms with Crippen molar-refractivity contribution in [3.63, 3.8) is 0 Å². The Hall–Kier alpha value is -1.84. The number of hydrogen-bond donors (Lipinski definition) is 3.